The van der Waals surface area contributed by atoms with Gasteiger partial charge in [0.2, 0.25) is 5.91 Å². The second-order valence-corrected chi connectivity index (χ2v) is 9.79. The molecule has 1 aromatic carbocycles. The molecule has 2 heterocycles. The number of likely N-dealkylation sites (N-methyl/N-ethyl adjacent to an activating group) is 1. The van der Waals surface area contributed by atoms with Gasteiger partial charge in [0.05, 0.1) is 13.0 Å². The van der Waals surface area contributed by atoms with Crippen LogP contribution in [0.3, 0.4) is 0 Å². The summed E-state index contributed by atoms with van der Waals surface area (Å²) >= 11 is 0. The number of rotatable bonds is 7. The van der Waals surface area contributed by atoms with Crippen molar-refractivity contribution < 1.29 is 19.1 Å². The van der Waals surface area contributed by atoms with Crippen molar-refractivity contribution in [2.75, 3.05) is 24.8 Å². The number of carbonyl (C=O) groups is 3. The Morgan fingerprint density at radius 1 is 1.22 bits per heavy atom. The van der Waals surface area contributed by atoms with Crippen molar-refractivity contribution in [3.8, 4) is 5.75 Å². The van der Waals surface area contributed by atoms with E-state index >= 15 is 0 Å². The van der Waals surface area contributed by atoms with Crippen LogP contribution >= 0.6 is 0 Å². The normalized spacial score (nSPS) is 20.9. The van der Waals surface area contributed by atoms with E-state index in [0.717, 1.165) is 36.1 Å². The lowest BCUT2D eigenvalue weighted by Gasteiger charge is -2.46. The lowest BCUT2D eigenvalue weighted by atomic mass is 9.81. The minimum Gasteiger partial charge on any atom is -0.497 e. The predicted molar refractivity (Wildman–Crippen MR) is 137 cm³/mol. The standard InChI is InChI=1S/C27H35N5O4/c1-17(19-8-5-4-6-9-19)30-27(35)32-24(22(25(32)33)14-18-12-13-29-23(28)15-18)26(34)31(2)20-10-7-11-21(16-20)36-3/h7,10-13,15-17,19,22,24H,4-6,8-9,14H2,1-3H3,(H2,28,29)(H,30,35)/t17-,22-,24+/m1/s1. The van der Waals surface area contributed by atoms with Gasteiger partial charge < -0.3 is 20.7 Å². The van der Waals surface area contributed by atoms with Crippen LogP contribution in [0.5, 0.6) is 5.75 Å². The summed E-state index contributed by atoms with van der Waals surface area (Å²) in [6.45, 7) is 1.98. The minimum absolute atomic E-state index is 0.0727. The quantitative estimate of drug-likeness (QED) is 0.571. The third-order valence-electron chi connectivity index (χ3n) is 7.47. The van der Waals surface area contributed by atoms with Gasteiger partial charge in [-0.15, -0.1) is 0 Å². The number of amides is 4. The number of nitrogens with one attached hydrogen (secondary N) is 1. The average Bonchev–Trinajstić information content (AvgIpc) is 2.89. The van der Waals surface area contributed by atoms with Crippen LogP contribution in [0.15, 0.2) is 42.6 Å². The molecule has 0 unspecified atom stereocenters. The van der Waals surface area contributed by atoms with Crippen molar-refractivity contribution in [2.24, 2.45) is 11.8 Å². The molecule has 3 atom stereocenters. The number of benzene rings is 1. The van der Waals surface area contributed by atoms with Gasteiger partial charge in [0, 0.05) is 31.0 Å². The molecule has 1 aliphatic heterocycles. The smallest absolute Gasteiger partial charge is 0.325 e. The Balaban J connectivity index is 1.56. The van der Waals surface area contributed by atoms with E-state index in [0.29, 0.717) is 23.2 Å². The van der Waals surface area contributed by atoms with Crippen LogP contribution in [0.2, 0.25) is 0 Å². The SMILES string of the molecule is COc1cccc(N(C)C(=O)[C@@H]2[C@@H](Cc3ccnc(N)c3)C(=O)N2C(=O)N[C@H](C)C2CCCCC2)c1. The Kier molecular flexibility index (Phi) is 7.76. The third-order valence-corrected chi connectivity index (χ3v) is 7.47. The number of ether oxygens (including phenoxy) is 1. The van der Waals surface area contributed by atoms with Crippen LogP contribution in [0, 0.1) is 11.8 Å². The summed E-state index contributed by atoms with van der Waals surface area (Å²) in [6.07, 6.45) is 7.49. The van der Waals surface area contributed by atoms with E-state index in [4.69, 9.17) is 10.5 Å². The second kappa shape index (κ2) is 11.0. The van der Waals surface area contributed by atoms with Gasteiger partial charge in [-0.25, -0.2) is 9.78 Å². The molecule has 1 saturated heterocycles. The molecule has 9 nitrogen and oxygen atoms in total. The molecule has 9 heteroatoms. The molecular weight excluding hydrogens is 458 g/mol. The molecule has 3 N–H and O–H groups in total. The number of pyridine rings is 1. The van der Waals surface area contributed by atoms with Gasteiger partial charge in [-0.3, -0.25) is 14.5 Å². The minimum atomic E-state index is -0.929. The highest BCUT2D eigenvalue weighted by Gasteiger charge is 2.55. The maximum absolute atomic E-state index is 13.7. The van der Waals surface area contributed by atoms with E-state index in [1.165, 1.54) is 11.3 Å². The van der Waals surface area contributed by atoms with E-state index in [1.54, 1.807) is 56.8 Å². The molecule has 0 bridgehead atoms. The summed E-state index contributed by atoms with van der Waals surface area (Å²) in [5.74, 6) is -0.0547. The number of nitrogen functional groups attached to an aromatic ring is 1. The third kappa shape index (κ3) is 5.29. The highest BCUT2D eigenvalue weighted by molar-refractivity contribution is 6.12. The van der Waals surface area contributed by atoms with Crippen molar-refractivity contribution in [1.82, 2.24) is 15.2 Å². The molecule has 2 aliphatic rings. The molecule has 36 heavy (non-hydrogen) atoms. The number of β-lactam (4-membered cyclic amide) rings is 1. The maximum Gasteiger partial charge on any atom is 0.325 e. The van der Waals surface area contributed by atoms with Crippen molar-refractivity contribution in [2.45, 2.75) is 57.5 Å². The zero-order valence-corrected chi connectivity index (χ0v) is 21.1. The lowest BCUT2D eigenvalue weighted by molar-refractivity contribution is -0.156. The summed E-state index contributed by atoms with van der Waals surface area (Å²) in [7, 11) is 3.20. The number of likely N-dealkylation sites (tertiary alicyclic amines) is 1. The molecule has 2 fully saturated rings. The first-order chi connectivity index (χ1) is 17.3. The van der Waals surface area contributed by atoms with Crippen LogP contribution in [0.4, 0.5) is 16.3 Å². The van der Waals surface area contributed by atoms with E-state index in [2.05, 4.69) is 10.3 Å². The van der Waals surface area contributed by atoms with Gasteiger partial charge in [0.15, 0.2) is 0 Å². The fourth-order valence-electron chi connectivity index (χ4n) is 5.29. The van der Waals surface area contributed by atoms with Crippen molar-refractivity contribution in [1.29, 1.82) is 0 Å². The first-order valence-electron chi connectivity index (χ1n) is 12.6. The average molecular weight is 494 g/mol. The molecule has 1 aliphatic carbocycles. The molecule has 1 aromatic heterocycles. The number of aromatic nitrogens is 1. The Bertz CT molecular complexity index is 1120. The number of imide groups is 1. The predicted octanol–water partition coefficient (Wildman–Crippen LogP) is 3.38. The highest BCUT2D eigenvalue weighted by atomic mass is 16.5. The number of hydrogen-bond donors (Lipinski definition) is 2. The number of hydrogen-bond acceptors (Lipinski definition) is 6. The highest BCUT2D eigenvalue weighted by Crippen LogP contribution is 2.34. The van der Waals surface area contributed by atoms with Gasteiger partial charge in [0.25, 0.3) is 5.91 Å². The van der Waals surface area contributed by atoms with Crippen LogP contribution in [-0.2, 0) is 16.0 Å². The van der Waals surface area contributed by atoms with Crippen molar-refractivity contribution in [3.63, 3.8) is 0 Å². The molecule has 0 radical (unpaired) electrons. The topological polar surface area (TPSA) is 118 Å². The monoisotopic (exact) mass is 493 g/mol. The number of nitrogens with two attached hydrogens (primary N) is 1. The lowest BCUT2D eigenvalue weighted by Crippen LogP contribution is -2.71. The first kappa shape index (κ1) is 25.5. The molecule has 2 aromatic rings. The number of nitrogens with zero attached hydrogens (tertiary/aromatic N) is 3. The molecule has 4 rings (SSSR count). The van der Waals surface area contributed by atoms with Crippen LogP contribution in [0.25, 0.3) is 0 Å². The summed E-state index contributed by atoms with van der Waals surface area (Å²) < 4.78 is 5.29. The second-order valence-electron chi connectivity index (χ2n) is 9.79. The Morgan fingerprint density at radius 3 is 2.67 bits per heavy atom. The summed E-state index contributed by atoms with van der Waals surface area (Å²) in [4.78, 5) is 46.8. The zero-order chi connectivity index (χ0) is 25.8. The Morgan fingerprint density at radius 2 is 1.97 bits per heavy atom. The molecule has 4 amide bonds. The fourth-order valence-corrected chi connectivity index (χ4v) is 5.29. The van der Waals surface area contributed by atoms with Gasteiger partial charge >= 0.3 is 6.03 Å². The van der Waals surface area contributed by atoms with Gasteiger partial charge in [-0.05, 0) is 61.9 Å². The van der Waals surface area contributed by atoms with E-state index in [-0.39, 0.29) is 24.3 Å². The molecule has 0 spiro atoms. The van der Waals surface area contributed by atoms with Crippen LogP contribution < -0.4 is 20.7 Å². The molecule has 1 saturated carbocycles. The van der Waals surface area contributed by atoms with Crippen LogP contribution in [0.1, 0.15) is 44.6 Å². The number of anilines is 2. The Labute approximate surface area is 212 Å². The first-order valence-corrected chi connectivity index (χ1v) is 12.6. The van der Waals surface area contributed by atoms with E-state index in [9.17, 15) is 14.4 Å². The molecular formula is C27H35N5O4. The van der Waals surface area contributed by atoms with Gasteiger partial charge in [-0.2, -0.15) is 0 Å². The Hall–Kier alpha value is -3.62. The van der Waals surface area contributed by atoms with Crippen molar-refractivity contribution >= 4 is 29.4 Å². The summed E-state index contributed by atoms with van der Waals surface area (Å²) in [5.41, 5.74) is 7.22. The van der Waals surface area contributed by atoms with Crippen molar-refractivity contribution in [3.05, 3.63) is 48.2 Å². The number of carbonyl (C=O) groups excluding carboxylic acids is 3. The number of methoxy groups -OCH3 is 1. The van der Waals surface area contributed by atoms with E-state index in [1.807, 2.05) is 6.92 Å². The summed E-state index contributed by atoms with van der Waals surface area (Å²) in [6, 6.07) is 9.05. The van der Waals surface area contributed by atoms with E-state index < -0.39 is 18.0 Å². The summed E-state index contributed by atoms with van der Waals surface area (Å²) in [5, 5.41) is 3.00. The van der Waals surface area contributed by atoms with Gasteiger partial charge in [-0.1, -0.05) is 25.3 Å². The largest absolute Gasteiger partial charge is 0.497 e. The maximum atomic E-state index is 13.7. The zero-order valence-electron chi connectivity index (χ0n) is 21.1. The number of urea groups is 1. The fraction of sp³-hybridized carbons (Fsp3) is 0.481. The van der Waals surface area contributed by atoms with Gasteiger partial charge in [0.1, 0.15) is 17.6 Å². The van der Waals surface area contributed by atoms with Crippen LogP contribution in [-0.4, -0.2) is 54.0 Å². The molecule has 192 valence electrons.